The Labute approximate surface area is 209 Å². The van der Waals surface area contributed by atoms with Crippen LogP contribution in [0.2, 0.25) is 5.02 Å². The van der Waals surface area contributed by atoms with Crippen LogP contribution in [0.3, 0.4) is 0 Å². The number of benzene rings is 1. The predicted molar refractivity (Wildman–Crippen MR) is 127 cm³/mol. The summed E-state index contributed by atoms with van der Waals surface area (Å²) in [6.45, 7) is 3.47. The fourth-order valence-corrected chi connectivity index (χ4v) is 4.00. The minimum atomic E-state index is -1.58. The maximum Gasteiger partial charge on any atom is 0.407 e. The highest BCUT2D eigenvalue weighted by molar-refractivity contribution is 6.31. The molecule has 13 heteroatoms. The van der Waals surface area contributed by atoms with Crippen molar-refractivity contribution in [3.63, 3.8) is 0 Å². The maximum atomic E-state index is 15.0. The van der Waals surface area contributed by atoms with Crippen molar-refractivity contribution in [2.75, 3.05) is 11.9 Å². The quantitative estimate of drug-likeness (QED) is 0.343. The molecular formula is C23H22ClF2N7O3. The van der Waals surface area contributed by atoms with Crippen molar-refractivity contribution >= 4 is 35.1 Å². The molecular weight excluding hydrogens is 496 g/mol. The molecule has 10 nitrogen and oxygen atoms in total. The molecule has 0 unspecified atom stereocenters. The Morgan fingerprint density at radius 2 is 2.17 bits per heavy atom. The number of nitrogens with zero attached hydrogens (tertiary/aromatic N) is 4. The van der Waals surface area contributed by atoms with E-state index in [9.17, 15) is 13.6 Å². The van der Waals surface area contributed by atoms with Gasteiger partial charge in [0.15, 0.2) is 18.1 Å². The van der Waals surface area contributed by atoms with Gasteiger partial charge >= 0.3 is 6.09 Å². The van der Waals surface area contributed by atoms with Crippen LogP contribution in [-0.2, 0) is 9.47 Å². The van der Waals surface area contributed by atoms with Gasteiger partial charge in [0.25, 0.3) is 0 Å². The molecule has 1 aliphatic rings. The molecule has 1 saturated heterocycles. The molecule has 1 aromatic carbocycles. The molecule has 0 aliphatic carbocycles. The van der Waals surface area contributed by atoms with Gasteiger partial charge in [-0.1, -0.05) is 11.6 Å². The second kappa shape index (κ2) is 9.70. The fraction of sp³-hybridized carbons (Fsp3) is 0.304. The van der Waals surface area contributed by atoms with Gasteiger partial charge in [-0.2, -0.15) is 5.10 Å². The Morgan fingerprint density at radius 1 is 1.33 bits per heavy atom. The number of hydrogen-bond acceptors (Lipinski definition) is 7. The van der Waals surface area contributed by atoms with E-state index in [0.29, 0.717) is 34.4 Å². The van der Waals surface area contributed by atoms with E-state index < -0.39 is 30.3 Å². The number of ether oxygens (including phenoxy) is 2. The van der Waals surface area contributed by atoms with Crippen LogP contribution in [0.4, 0.5) is 25.3 Å². The van der Waals surface area contributed by atoms with E-state index in [-0.39, 0.29) is 17.7 Å². The number of carbonyl (C=O) groups excluding carboxylic acids is 1. The molecule has 188 valence electrons. The number of aromatic nitrogens is 5. The molecule has 0 radical (unpaired) electrons. The van der Waals surface area contributed by atoms with E-state index in [2.05, 4.69) is 30.8 Å². The Morgan fingerprint density at radius 3 is 2.94 bits per heavy atom. The molecule has 4 heterocycles. The average Bonchev–Trinajstić information content (AvgIpc) is 3.56. The Bertz CT molecular complexity index is 1410. The van der Waals surface area contributed by atoms with Crippen molar-refractivity contribution in [3.05, 3.63) is 59.3 Å². The van der Waals surface area contributed by atoms with Crippen LogP contribution in [-0.4, -0.2) is 55.6 Å². The number of alkyl halides is 1. The average molecular weight is 518 g/mol. The summed E-state index contributed by atoms with van der Waals surface area (Å²) in [6.07, 6.45) is -0.997. The largest absolute Gasteiger partial charge is 0.441 e. The molecule has 3 aromatic heterocycles. The van der Waals surface area contributed by atoms with Crippen LogP contribution in [0.25, 0.3) is 16.9 Å². The zero-order chi connectivity index (χ0) is 25.4. The number of anilines is 2. The predicted octanol–water partition coefficient (Wildman–Crippen LogP) is 4.57. The van der Waals surface area contributed by atoms with Gasteiger partial charge in [-0.15, -0.1) is 0 Å². The first-order valence-electron chi connectivity index (χ1n) is 11.1. The molecule has 3 atom stereocenters. The van der Waals surface area contributed by atoms with Gasteiger partial charge in [0, 0.05) is 36.1 Å². The number of rotatable bonds is 6. The second-order valence-electron chi connectivity index (χ2n) is 8.52. The fourth-order valence-electron chi connectivity index (χ4n) is 3.82. The van der Waals surface area contributed by atoms with Gasteiger partial charge in [-0.05, 0) is 32.0 Å². The lowest BCUT2D eigenvalue weighted by molar-refractivity contribution is 0.0615. The molecule has 1 fully saturated rings. The first-order valence-corrected chi connectivity index (χ1v) is 11.5. The van der Waals surface area contributed by atoms with Crippen molar-refractivity contribution in [1.29, 1.82) is 0 Å². The lowest BCUT2D eigenvalue weighted by Crippen LogP contribution is -2.36. The van der Waals surface area contributed by atoms with Gasteiger partial charge in [-0.3, -0.25) is 9.50 Å². The highest BCUT2D eigenvalue weighted by Gasteiger charge is 2.42. The Kier molecular flexibility index (Phi) is 6.46. The molecule has 36 heavy (non-hydrogen) atoms. The molecule has 0 saturated carbocycles. The molecule has 1 aliphatic heterocycles. The summed E-state index contributed by atoms with van der Waals surface area (Å²) in [5, 5.41) is 12.6. The van der Waals surface area contributed by atoms with Crippen LogP contribution < -0.4 is 10.6 Å². The molecule has 3 N–H and O–H groups in total. The van der Waals surface area contributed by atoms with E-state index >= 15 is 0 Å². The Balaban J connectivity index is 1.35. The van der Waals surface area contributed by atoms with Crippen LogP contribution in [0.1, 0.15) is 25.6 Å². The van der Waals surface area contributed by atoms with E-state index in [1.807, 2.05) is 0 Å². The second-order valence-corrected chi connectivity index (χ2v) is 8.93. The first kappa shape index (κ1) is 23.9. The standard InChI is InChI=1S/C23H22ClF2N7O3/c1-11(2)28-23(34)36-17-10-35-21(20(17)26)16-8-18(32-31-16)30-22-29-15(9-19-27-5-6-33(19)22)12-3-4-14(25)13(24)7-12/h3-9,11,17,20-21H,10H2,1-2H3,(H,28,34)(H2,29,30,31,32)/t17-,20-,21-/m1/s1. The van der Waals surface area contributed by atoms with Gasteiger partial charge in [0.2, 0.25) is 5.95 Å². The number of imidazole rings is 1. The summed E-state index contributed by atoms with van der Waals surface area (Å²) < 4.78 is 41.0. The minimum Gasteiger partial charge on any atom is -0.441 e. The van der Waals surface area contributed by atoms with E-state index in [4.69, 9.17) is 21.1 Å². The van der Waals surface area contributed by atoms with Crippen molar-refractivity contribution < 1.29 is 23.0 Å². The summed E-state index contributed by atoms with van der Waals surface area (Å²) in [5.41, 5.74) is 2.06. The lowest BCUT2D eigenvalue weighted by Gasteiger charge is -2.16. The van der Waals surface area contributed by atoms with Gasteiger partial charge in [0.05, 0.1) is 23.0 Å². The molecule has 0 bridgehead atoms. The number of carbonyl (C=O) groups is 1. The monoisotopic (exact) mass is 517 g/mol. The number of amides is 1. The number of aromatic amines is 1. The van der Waals surface area contributed by atoms with Crippen LogP contribution in [0.15, 0.2) is 42.7 Å². The van der Waals surface area contributed by atoms with E-state index in [1.54, 1.807) is 48.8 Å². The van der Waals surface area contributed by atoms with Crippen LogP contribution in [0.5, 0.6) is 0 Å². The third-order valence-electron chi connectivity index (χ3n) is 5.50. The van der Waals surface area contributed by atoms with E-state index in [0.717, 1.165) is 0 Å². The number of fused-ring (bicyclic) bond motifs is 1. The summed E-state index contributed by atoms with van der Waals surface area (Å²) in [6, 6.07) is 7.50. The van der Waals surface area contributed by atoms with E-state index in [1.165, 1.54) is 12.1 Å². The first-order chi connectivity index (χ1) is 17.3. The third-order valence-corrected chi connectivity index (χ3v) is 5.79. The maximum absolute atomic E-state index is 15.0. The number of H-pyrrole nitrogens is 1. The topological polar surface area (TPSA) is 118 Å². The normalized spacial score (nSPS) is 19.7. The van der Waals surface area contributed by atoms with Crippen LogP contribution in [0, 0.1) is 5.82 Å². The third kappa shape index (κ3) is 4.82. The van der Waals surface area contributed by atoms with Gasteiger partial charge < -0.3 is 20.1 Å². The number of halogens is 3. The highest BCUT2D eigenvalue weighted by Crippen LogP contribution is 2.34. The SMILES string of the molecule is CC(C)NC(=O)O[C@@H]1CO[C@H](c2cc(Nc3nc(-c4ccc(F)c(Cl)c4)cc4nccn34)n[nH]2)[C@@H]1F. The summed E-state index contributed by atoms with van der Waals surface area (Å²) >= 11 is 5.94. The van der Waals surface area contributed by atoms with Crippen molar-refractivity contribution in [1.82, 2.24) is 29.9 Å². The van der Waals surface area contributed by atoms with Crippen molar-refractivity contribution in [2.45, 2.75) is 38.3 Å². The highest BCUT2D eigenvalue weighted by atomic mass is 35.5. The molecule has 0 spiro atoms. The van der Waals surface area contributed by atoms with Crippen molar-refractivity contribution in [2.24, 2.45) is 0 Å². The number of hydrogen-bond donors (Lipinski definition) is 3. The molecule has 4 aromatic rings. The summed E-state index contributed by atoms with van der Waals surface area (Å²) in [5.74, 6) is 0.187. The number of alkyl carbamates (subject to hydrolysis) is 1. The minimum absolute atomic E-state index is 0.0229. The smallest absolute Gasteiger partial charge is 0.407 e. The zero-order valence-electron chi connectivity index (χ0n) is 19.2. The summed E-state index contributed by atoms with van der Waals surface area (Å²) in [7, 11) is 0. The molecule has 5 rings (SSSR count). The molecule has 1 amide bonds. The zero-order valence-corrected chi connectivity index (χ0v) is 20.0. The summed E-state index contributed by atoms with van der Waals surface area (Å²) in [4.78, 5) is 20.7. The van der Waals surface area contributed by atoms with Gasteiger partial charge in [0.1, 0.15) is 17.6 Å². The lowest BCUT2D eigenvalue weighted by atomic mass is 10.1. The van der Waals surface area contributed by atoms with Crippen LogP contribution >= 0.6 is 11.6 Å². The van der Waals surface area contributed by atoms with Gasteiger partial charge in [-0.25, -0.2) is 23.5 Å². The Hall–Kier alpha value is -3.77. The number of nitrogens with one attached hydrogen (secondary N) is 3. The van der Waals surface area contributed by atoms with Crippen molar-refractivity contribution in [3.8, 4) is 11.3 Å².